The first-order chi connectivity index (χ1) is 10.6. The van der Waals surface area contributed by atoms with E-state index in [9.17, 15) is 8.42 Å². The fourth-order valence-corrected chi connectivity index (χ4v) is 5.73. The maximum absolute atomic E-state index is 11.7. The van der Waals surface area contributed by atoms with E-state index in [0.717, 1.165) is 19.5 Å². The highest BCUT2D eigenvalue weighted by molar-refractivity contribution is 7.91. The molecule has 1 aliphatic carbocycles. The Bertz CT molecular complexity index is 590. The van der Waals surface area contributed by atoms with Gasteiger partial charge in [-0.1, -0.05) is 26.2 Å². The summed E-state index contributed by atoms with van der Waals surface area (Å²) >= 11 is 0. The molecule has 1 aliphatic heterocycles. The summed E-state index contributed by atoms with van der Waals surface area (Å²) in [6.07, 6.45) is 9.17. The van der Waals surface area contributed by atoms with Crippen LogP contribution in [0.1, 0.15) is 62.6 Å². The van der Waals surface area contributed by atoms with Gasteiger partial charge in [-0.05, 0) is 25.8 Å². The summed E-state index contributed by atoms with van der Waals surface area (Å²) in [5.41, 5.74) is 2.55. The van der Waals surface area contributed by atoms with Crippen molar-refractivity contribution in [3.05, 3.63) is 17.5 Å². The number of H-pyrrole nitrogens is 1. The van der Waals surface area contributed by atoms with Gasteiger partial charge in [-0.25, -0.2) is 8.42 Å². The van der Waals surface area contributed by atoms with Crippen molar-refractivity contribution >= 4 is 9.84 Å². The van der Waals surface area contributed by atoms with Crippen LogP contribution >= 0.6 is 0 Å². The zero-order valence-corrected chi connectivity index (χ0v) is 14.2. The number of aromatic amines is 1. The Hall–Kier alpha value is -0.880. The molecule has 2 heterocycles. The molecule has 1 aromatic heterocycles. The van der Waals surface area contributed by atoms with E-state index in [1.807, 2.05) is 6.20 Å². The highest BCUT2D eigenvalue weighted by Gasteiger charge is 2.32. The number of hydrogen-bond acceptors (Lipinski definition) is 4. The van der Waals surface area contributed by atoms with Gasteiger partial charge in [0.15, 0.2) is 9.84 Å². The van der Waals surface area contributed by atoms with E-state index in [1.165, 1.54) is 43.4 Å². The Morgan fingerprint density at radius 3 is 2.68 bits per heavy atom. The molecule has 0 spiro atoms. The highest BCUT2D eigenvalue weighted by Crippen LogP contribution is 2.33. The number of aromatic nitrogens is 2. The first kappa shape index (κ1) is 16.0. The fourth-order valence-electron chi connectivity index (χ4n) is 3.97. The van der Waals surface area contributed by atoms with Gasteiger partial charge in [0.1, 0.15) is 0 Å². The second-order valence-corrected chi connectivity index (χ2v) is 8.99. The van der Waals surface area contributed by atoms with Crippen LogP contribution in [0.15, 0.2) is 6.20 Å². The van der Waals surface area contributed by atoms with Crippen molar-refractivity contribution in [3.63, 3.8) is 0 Å². The molecule has 1 saturated carbocycles. The molecule has 0 unspecified atom stereocenters. The summed E-state index contributed by atoms with van der Waals surface area (Å²) in [7, 11) is -2.83. The summed E-state index contributed by atoms with van der Waals surface area (Å²) in [5, 5.41) is 7.49. The quantitative estimate of drug-likeness (QED) is 0.903. The predicted molar refractivity (Wildman–Crippen MR) is 87.6 cm³/mol. The van der Waals surface area contributed by atoms with Gasteiger partial charge in [0.2, 0.25) is 0 Å². The zero-order chi connectivity index (χ0) is 15.6. The Labute approximate surface area is 133 Å². The Morgan fingerprint density at radius 1 is 1.27 bits per heavy atom. The molecule has 0 bridgehead atoms. The lowest BCUT2D eigenvalue weighted by Gasteiger charge is -2.28. The number of rotatable bonds is 5. The monoisotopic (exact) mass is 325 g/mol. The summed E-state index contributed by atoms with van der Waals surface area (Å²) in [6.45, 7) is 3.82. The molecule has 5 nitrogen and oxygen atoms in total. The minimum Gasteiger partial charge on any atom is -0.295 e. The van der Waals surface area contributed by atoms with E-state index >= 15 is 0 Å². The maximum atomic E-state index is 11.7. The van der Waals surface area contributed by atoms with Crippen LogP contribution in [-0.4, -0.2) is 47.6 Å². The number of nitrogens with zero attached hydrogens (tertiary/aromatic N) is 2. The maximum Gasteiger partial charge on any atom is 0.151 e. The number of sulfone groups is 1. The molecule has 22 heavy (non-hydrogen) atoms. The molecule has 1 atom stereocenters. The third-order valence-corrected chi connectivity index (χ3v) is 7.02. The van der Waals surface area contributed by atoms with Gasteiger partial charge in [0.05, 0.1) is 17.7 Å². The van der Waals surface area contributed by atoms with E-state index in [4.69, 9.17) is 0 Å². The van der Waals surface area contributed by atoms with Crippen molar-refractivity contribution in [2.75, 3.05) is 18.1 Å². The van der Waals surface area contributed by atoms with E-state index in [0.29, 0.717) is 17.4 Å². The van der Waals surface area contributed by atoms with Crippen molar-refractivity contribution in [3.8, 4) is 0 Å². The van der Waals surface area contributed by atoms with Crippen LogP contribution in [0.3, 0.4) is 0 Å². The van der Waals surface area contributed by atoms with E-state index < -0.39 is 9.84 Å². The van der Waals surface area contributed by atoms with Gasteiger partial charge < -0.3 is 0 Å². The normalized spacial score (nSPS) is 25.8. The lowest BCUT2D eigenvalue weighted by molar-refractivity contribution is 0.213. The summed E-state index contributed by atoms with van der Waals surface area (Å²) in [5.74, 6) is 1.27. The van der Waals surface area contributed by atoms with E-state index in [2.05, 4.69) is 22.0 Å². The second-order valence-electron chi connectivity index (χ2n) is 6.76. The third kappa shape index (κ3) is 3.54. The standard InChI is InChI=1S/C16H27N3O2S/c1-2-19(15-8-9-22(20,21)12-15)11-14-10-17-18-16(14)13-6-4-3-5-7-13/h10,13,15H,2-9,11-12H2,1H3,(H,17,18)/t15-/m0/s1. The van der Waals surface area contributed by atoms with Crippen LogP contribution in [0.25, 0.3) is 0 Å². The fraction of sp³-hybridized carbons (Fsp3) is 0.812. The second kappa shape index (κ2) is 6.71. The topological polar surface area (TPSA) is 66.1 Å². The van der Waals surface area contributed by atoms with Gasteiger partial charge in [-0.2, -0.15) is 5.10 Å². The molecule has 3 rings (SSSR count). The summed E-state index contributed by atoms with van der Waals surface area (Å²) < 4.78 is 23.5. The van der Waals surface area contributed by atoms with Crippen LogP contribution in [0.5, 0.6) is 0 Å². The molecule has 0 aromatic carbocycles. The Balaban J connectivity index is 1.70. The number of nitrogens with one attached hydrogen (secondary N) is 1. The number of hydrogen-bond donors (Lipinski definition) is 1. The minimum atomic E-state index is -2.83. The average molecular weight is 325 g/mol. The summed E-state index contributed by atoms with van der Waals surface area (Å²) in [6, 6.07) is 0.170. The SMILES string of the molecule is CCN(Cc1cn[nH]c1C1CCCCC1)[C@H]1CCS(=O)(=O)C1. The molecule has 1 aromatic rings. The predicted octanol–water partition coefficient (Wildman–Crippen LogP) is 2.47. The lowest BCUT2D eigenvalue weighted by Crippen LogP contribution is -2.35. The molecule has 2 aliphatic rings. The molecule has 1 saturated heterocycles. The van der Waals surface area contributed by atoms with Crippen LogP contribution in [-0.2, 0) is 16.4 Å². The van der Waals surface area contributed by atoms with Gasteiger partial charge in [0, 0.05) is 29.8 Å². The van der Waals surface area contributed by atoms with Gasteiger partial charge >= 0.3 is 0 Å². The largest absolute Gasteiger partial charge is 0.295 e. The zero-order valence-electron chi connectivity index (χ0n) is 13.4. The van der Waals surface area contributed by atoms with E-state index in [1.54, 1.807) is 0 Å². The van der Waals surface area contributed by atoms with Crippen LogP contribution in [0.2, 0.25) is 0 Å². The molecule has 6 heteroatoms. The molecular formula is C16H27N3O2S. The van der Waals surface area contributed by atoms with Crippen molar-refractivity contribution in [2.24, 2.45) is 0 Å². The Morgan fingerprint density at radius 2 is 2.05 bits per heavy atom. The van der Waals surface area contributed by atoms with Crippen molar-refractivity contribution in [1.82, 2.24) is 15.1 Å². The van der Waals surface area contributed by atoms with Crippen molar-refractivity contribution < 1.29 is 8.42 Å². The first-order valence-corrected chi connectivity index (χ1v) is 10.4. The van der Waals surface area contributed by atoms with Gasteiger partial charge in [0.25, 0.3) is 0 Å². The molecule has 2 fully saturated rings. The molecular weight excluding hydrogens is 298 g/mol. The van der Waals surface area contributed by atoms with Crippen LogP contribution in [0.4, 0.5) is 0 Å². The van der Waals surface area contributed by atoms with Crippen LogP contribution < -0.4 is 0 Å². The van der Waals surface area contributed by atoms with Crippen molar-refractivity contribution in [2.45, 2.75) is 64.0 Å². The molecule has 0 radical (unpaired) electrons. The van der Waals surface area contributed by atoms with Gasteiger partial charge in [-0.3, -0.25) is 10.00 Å². The van der Waals surface area contributed by atoms with Crippen LogP contribution in [0, 0.1) is 0 Å². The molecule has 1 N–H and O–H groups in total. The first-order valence-electron chi connectivity index (χ1n) is 8.55. The average Bonchev–Trinajstić information content (AvgIpc) is 3.11. The third-order valence-electron chi connectivity index (χ3n) is 5.27. The lowest BCUT2D eigenvalue weighted by atomic mass is 9.85. The van der Waals surface area contributed by atoms with Gasteiger partial charge in [-0.15, -0.1) is 0 Å². The highest BCUT2D eigenvalue weighted by atomic mass is 32.2. The van der Waals surface area contributed by atoms with E-state index in [-0.39, 0.29) is 6.04 Å². The minimum absolute atomic E-state index is 0.170. The molecule has 124 valence electrons. The summed E-state index contributed by atoms with van der Waals surface area (Å²) in [4.78, 5) is 2.31. The molecule has 0 amide bonds. The van der Waals surface area contributed by atoms with Crippen molar-refractivity contribution in [1.29, 1.82) is 0 Å². The Kier molecular flexibility index (Phi) is 4.88. The smallest absolute Gasteiger partial charge is 0.151 e.